The lowest BCUT2D eigenvalue weighted by molar-refractivity contribution is 0.200. The highest BCUT2D eigenvalue weighted by Gasteiger charge is 2.40. The topological polar surface area (TPSA) is 117 Å². The number of anilines is 1. The van der Waals surface area contributed by atoms with E-state index in [1.807, 2.05) is 18.2 Å². The summed E-state index contributed by atoms with van der Waals surface area (Å²) in [6.45, 7) is 4.53. The van der Waals surface area contributed by atoms with Crippen LogP contribution in [0, 0.1) is 5.92 Å². The molecule has 0 radical (unpaired) electrons. The van der Waals surface area contributed by atoms with Gasteiger partial charge in [0.15, 0.2) is 0 Å². The van der Waals surface area contributed by atoms with Gasteiger partial charge in [-0.05, 0) is 56.7 Å². The third-order valence-electron chi connectivity index (χ3n) is 6.87. The van der Waals surface area contributed by atoms with Crippen molar-refractivity contribution >= 4 is 16.7 Å². The number of nitrogens with zero attached hydrogens (tertiary/aromatic N) is 4. The van der Waals surface area contributed by atoms with Crippen molar-refractivity contribution in [2.45, 2.75) is 50.3 Å². The quantitative estimate of drug-likeness (QED) is 0.482. The Balaban J connectivity index is 1.28. The maximum absolute atomic E-state index is 6.58. The first kappa shape index (κ1) is 19.9. The lowest BCUT2D eigenvalue weighted by atomic mass is 10.0. The van der Waals surface area contributed by atoms with Gasteiger partial charge in [-0.2, -0.15) is 5.10 Å². The Morgan fingerprint density at radius 1 is 1.19 bits per heavy atom. The third kappa shape index (κ3) is 3.92. The van der Waals surface area contributed by atoms with Gasteiger partial charge in [0.2, 0.25) is 0 Å². The molecule has 0 spiro atoms. The average Bonchev–Trinajstić information content (AvgIpc) is 3.70. The van der Waals surface area contributed by atoms with E-state index in [4.69, 9.17) is 10.5 Å². The second kappa shape index (κ2) is 7.68. The van der Waals surface area contributed by atoms with Crippen LogP contribution < -0.4 is 26.2 Å². The predicted molar refractivity (Wildman–Crippen MR) is 123 cm³/mol. The van der Waals surface area contributed by atoms with Crippen LogP contribution in [0.25, 0.3) is 22.3 Å². The standard InChI is InChI=1S/C23H30N8O/c1-23(6-7-23)32-15-4-5-18-16(10-15)22(30-28-18)19-11-20(26-13-25-19)31-9-8-27-29-21(14-2-3-14)17(24)12-31/h4-5,10-11,13-14,17,21,27,29H,2-3,6-9,12,24H2,1H3,(H,28,30). The van der Waals surface area contributed by atoms with Gasteiger partial charge in [0.25, 0.3) is 0 Å². The summed E-state index contributed by atoms with van der Waals surface area (Å²) in [4.78, 5) is 11.4. The monoisotopic (exact) mass is 434 g/mol. The van der Waals surface area contributed by atoms with Gasteiger partial charge in [-0.25, -0.2) is 9.97 Å². The lowest BCUT2D eigenvalue weighted by Gasteiger charge is -2.35. The highest BCUT2D eigenvalue weighted by molar-refractivity contribution is 5.93. The molecule has 2 aromatic heterocycles. The normalized spacial score (nSPS) is 25.4. The molecule has 3 fully saturated rings. The molecule has 3 aliphatic rings. The number of aromatic amines is 1. The SMILES string of the molecule is CC1(Oc2ccc3[nH]nc(-c4cc(N5CCNNC(C6CC6)C(N)C5)ncn4)c3c2)CC1. The Kier molecular flexibility index (Phi) is 4.78. The molecule has 32 heavy (non-hydrogen) atoms. The fraction of sp³-hybridized carbons (Fsp3) is 0.522. The molecular formula is C23H30N8O. The molecule has 1 saturated heterocycles. The Bertz CT molecular complexity index is 1120. The van der Waals surface area contributed by atoms with E-state index in [0.717, 1.165) is 66.3 Å². The van der Waals surface area contributed by atoms with Crippen LogP contribution in [-0.2, 0) is 0 Å². The van der Waals surface area contributed by atoms with Gasteiger partial charge < -0.3 is 15.4 Å². The molecule has 1 aromatic carbocycles. The van der Waals surface area contributed by atoms with Crippen molar-refractivity contribution in [3.05, 3.63) is 30.6 Å². The van der Waals surface area contributed by atoms with E-state index >= 15 is 0 Å². The minimum absolute atomic E-state index is 0.0227. The second-order valence-corrected chi connectivity index (χ2v) is 9.64. The fourth-order valence-corrected chi connectivity index (χ4v) is 4.54. The number of aromatic nitrogens is 4. The first-order valence-electron chi connectivity index (χ1n) is 11.6. The molecule has 0 amide bonds. The Labute approximate surface area is 187 Å². The van der Waals surface area contributed by atoms with Crippen molar-refractivity contribution < 1.29 is 4.74 Å². The molecule has 2 saturated carbocycles. The van der Waals surface area contributed by atoms with Crippen LogP contribution in [0.3, 0.4) is 0 Å². The second-order valence-electron chi connectivity index (χ2n) is 9.64. The maximum atomic E-state index is 6.58. The molecule has 2 unspecified atom stereocenters. The number of rotatable bonds is 5. The number of hydrogen-bond donors (Lipinski definition) is 4. The van der Waals surface area contributed by atoms with Crippen LogP contribution >= 0.6 is 0 Å². The van der Waals surface area contributed by atoms with Crippen LogP contribution in [0.1, 0.15) is 32.6 Å². The molecule has 3 aromatic rings. The highest BCUT2D eigenvalue weighted by Crippen LogP contribution is 2.40. The molecular weight excluding hydrogens is 404 g/mol. The van der Waals surface area contributed by atoms with Crippen molar-refractivity contribution in [1.82, 2.24) is 31.0 Å². The summed E-state index contributed by atoms with van der Waals surface area (Å²) in [6.07, 6.45) is 6.32. The molecule has 3 heterocycles. The van der Waals surface area contributed by atoms with Crippen molar-refractivity contribution in [3.8, 4) is 17.1 Å². The summed E-state index contributed by atoms with van der Waals surface area (Å²) >= 11 is 0. The molecule has 9 heteroatoms. The van der Waals surface area contributed by atoms with Crippen LogP contribution in [0.4, 0.5) is 5.82 Å². The number of nitrogens with one attached hydrogen (secondary N) is 3. The first-order valence-corrected chi connectivity index (χ1v) is 11.6. The number of hydrazine groups is 1. The Morgan fingerprint density at radius 2 is 2.06 bits per heavy atom. The van der Waals surface area contributed by atoms with Crippen molar-refractivity contribution in [2.75, 3.05) is 24.5 Å². The summed E-state index contributed by atoms with van der Waals surface area (Å²) in [7, 11) is 0. The molecule has 9 nitrogen and oxygen atoms in total. The van der Waals surface area contributed by atoms with Crippen molar-refractivity contribution in [2.24, 2.45) is 11.7 Å². The van der Waals surface area contributed by atoms with E-state index in [9.17, 15) is 0 Å². The van der Waals surface area contributed by atoms with Crippen molar-refractivity contribution in [1.29, 1.82) is 0 Å². The molecule has 0 bridgehead atoms. The number of H-pyrrole nitrogens is 1. The van der Waals surface area contributed by atoms with Crippen molar-refractivity contribution in [3.63, 3.8) is 0 Å². The van der Waals surface area contributed by atoms with E-state index in [0.29, 0.717) is 12.0 Å². The van der Waals surface area contributed by atoms with E-state index in [1.165, 1.54) is 12.8 Å². The third-order valence-corrected chi connectivity index (χ3v) is 6.87. The lowest BCUT2D eigenvalue weighted by Crippen LogP contribution is -2.60. The Hall–Kier alpha value is -2.75. The van der Waals surface area contributed by atoms with Gasteiger partial charge in [0, 0.05) is 43.2 Å². The minimum atomic E-state index is -0.0227. The van der Waals surface area contributed by atoms with Crippen LogP contribution in [0.5, 0.6) is 5.75 Å². The molecule has 1 aliphatic heterocycles. The molecule has 2 atom stereocenters. The average molecular weight is 435 g/mol. The van der Waals surface area contributed by atoms with Crippen LogP contribution in [0.2, 0.25) is 0 Å². The minimum Gasteiger partial charge on any atom is -0.488 e. The summed E-state index contributed by atoms with van der Waals surface area (Å²) in [5.74, 6) is 2.41. The highest BCUT2D eigenvalue weighted by atomic mass is 16.5. The molecule has 5 N–H and O–H groups in total. The maximum Gasteiger partial charge on any atom is 0.132 e. The van der Waals surface area contributed by atoms with E-state index in [1.54, 1.807) is 6.33 Å². The summed E-state index contributed by atoms with van der Waals surface area (Å²) in [6, 6.07) is 8.41. The van der Waals surface area contributed by atoms with Gasteiger partial charge in [-0.3, -0.25) is 16.0 Å². The first-order chi connectivity index (χ1) is 15.6. The van der Waals surface area contributed by atoms with E-state index in [2.05, 4.69) is 48.9 Å². The number of ether oxygens (including phenoxy) is 1. The molecule has 2 aliphatic carbocycles. The predicted octanol–water partition coefficient (Wildman–Crippen LogP) is 1.97. The Morgan fingerprint density at radius 3 is 2.88 bits per heavy atom. The van der Waals surface area contributed by atoms with Gasteiger partial charge in [0.1, 0.15) is 29.2 Å². The van der Waals surface area contributed by atoms with Gasteiger partial charge >= 0.3 is 0 Å². The number of nitrogens with two attached hydrogens (primary N) is 1. The molecule has 168 valence electrons. The largest absolute Gasteiger partial charge is 0.488 e. The zero-order valence-corrected chi connectivity index (χ0v) is 18.3. The summed E-state index contributed by atoms with van der Waals surface area (Å²) < 4.78 is 6.16. The summed E-state index contributed by atoms with van der Waals surface area (Å²) in [5, 5.41) is 8.69. The van der Waals surface area contributed by atoms with Gasteiger partial charge in [-0.15, -0.1) is 0 Å². The zero-order chi connectivity index (χ0) is 21.7. The number of fused-ring (bicyclic) bond motifs is 1. The number of hydrogen-bond acceptors (Lipinski definition) is 8. The smallest absolute Gasteiger partial charge is 0.132 e. The van der Waals surface area contributed by atoms with Gasteiger partial charge in [0.05, 0.1) is 11.2 Å². The summed E-state index contributed by atoms with van der Waals surface area (Å²) in [5.41, 5.74) is 15.9. The fourth-order valence-electron chi connectivity index (χ4n) is 4.54. The van der Waals surface area contributed by atoms with Gasteiger partial charge in [-0.1, -0.05) is 0 Å². The zero-order valence-electron chi connectivity index (χ0n) is 18.3. The van der Waals surface area contributed by atoms with Crippen LogP contribution in [-0.4, -0.2) is 57.5 Å². The van der Waals surface area contributed by atoms with Crippen LogP contribution in [0.15, 0.2) is 30.6 Å². The van der Waals surface area contributed by atoms with E-state index in [-0.39, 0.29) is 11.6 Å². The van der Waals surface area contributed by atoms with E-state index < -0.39 is 0 Å². The molecule has 6 rings (SSSR count). The number of benzene rings is 1.